The van der Waals surface area contributed by atoms with Crippen LogP contribution in [-0.4, -0.2) is 29.0 Å². The highest BCUT2D eigenvalue weighted by molar-refractivity contribution is 5.90. The van der Waals surface area contributed by atoms with Gasteiger partial charge in [-0.05, 0) is 37.3 Å². The Bertz CT molecular complexity index is 1050. The molecule has 0 radical (unpaired) electrons. The molecule has 0 atom stereocenters. The number of carbonyl (C=O) groups is 1. The number of hydrogen-bond acceptors (Lipinski definition) is 4. The summed E-state index contributed by atoms with van der Waals surface area (Å²) in [6.45, 7) is 3.25. The molecule has 138 valence electrons. The number of rotatable bonds is 5. The van der Waals surface area contributed by atoms with Crippen LogP contribution in [0.25, 0.3) is 5.69 Å². The molecule has 0 saturated heterocycles. The highest BCUT2D eigenvalue weighted by Crippen LogP contribution is 2.30. The Hall–Kier alpha value is -3.61. The topological polar surface area (TPSA) is 88.5 Å². The van der Waals surface area contributed by atoms with Gasteiger partial charge in [-0.3, -0.25) is 19.7 Å². The van der Waals surface area contributed by atoms with E-state index in [1.54, 1.807) is 18.2 Å². The van der Waals surface area contributed by atoms with Gasteiger partial charge >= 0.3 is 0 Å². The number of aliphatic imine (C=N–C) groups is 1. The fraction of sp³-hybridized carbons (Fsp3) is 0.150. The van der Waals surface area contributed by atoms with Gasteiger partial charge in [0.2, 0.25) is 5.91 Å². The van der Waals surface area contributed by atoms with Gasteiger partial charge in [0.15, 0.2) is 0 Å². The Morgan fingerprint density at radius 3 is 2.63 bits per heavy atom. The summed E-state index contributed by atoms with van der Waals surface area (Å²) in [5.74, 6) is 0.360. The van der Waals surface area contributed by atoms with Crippen molar-refractivity contribution in [3.8, 4) is 11.4 Å². The largest absolute Gasteiger partial charge is 0.494 e. The molecule has 0 unspecified atom stereocenters. The summed E-state index contributed by atoms with van der Waals surface area (Å²) in [5.41, 5.74) is 2.81. The van der Waals surface area contributed by atoms with Gasteiger partial charge in [-0.1, -0.05) is 18.2 Å². The average Bonchev–Trinajstić information content (AvgIpc) is 2.94. The predicted molar refractivity (Wildman–Crippen MR) is 106 cm³/mol. The summed E-state index contributed by atoms with van der Waals surface area (Å²) < 4.78 is 6.78. The molecule has 0 spiro atoms. The lowest BCUT2D eigenvalue weighted by Gasteiger charge is -2.07. The van der Waals surface area contributed by atoms with Crippen molar-refractivity contribution in [2.24, 2.45) is 4.99 Å². The van der Waals surface area contributed by atoms with Gasteiger partial charge in [0.25, 0.3) is 5.56 Å². The number of aromatic nitrogens is 2. The minimum absolute atomic E-state index is 0.178. The molecule has 2 aromatic carbocycles. The first-order valence-corrected chi connectivity index (χ1v) is 8.36. The van der Waals surface area contributed by atoms with Crippen LogP contribution < -0.4 is 15.6 Å². The second kappa shape index (κ2) is 7.74. The second-order valence-electron chi connectivity index (χ2n) is 5.95. The molecule has 2 N–H and O–H groups in total. The van der Waals surface area contributed by atoms with Crippen molar-refractivity contribution in [1.29, 1.82) is 0 Å². The van der Waals surface area contributed by atoms with E-state index in [9.17, 15) is 9.59 Å². The number of anilines is 1. The number of aryl methyl sites for hydroxylation is 1. The minimum atomic E-state index is -0.195. The maximum absolute atomic E-state index is 12.7. The lowest BCUT2D eigenvalue weighted by Crippen LogP contribution is -2.17. The number of nitrogens with zero attached hydrogens (tertiary/aromatic N) is 2. The quantitative estimate of drug-likeness (QED) is 0.682. The van der Waals surface area contributed by atoms with E-state index in [1.165, 1.54) is 24.9 Å². The number of amides is 1. The summed E-state index contributed by atoms with van der Waals surface area (Å²) in [6.07, 6.45) is 1.50. The smallest absolute Gasteiger partial charge is 0.280 e. The number of ether oxygens (including phenoxy) is 1. The van der Waals surface area contributed by atoms with E-state index in [0.717, 1.165) is 5.69 Å². The summed E-state index contributed by atoms with van der Waals surface area (Å²) in [4.78, 5) is 28.4. The molecule has 1 aromatic heterocycles. The molecule has 0 aliphatic rings. The van der Waals surface area contributed by atoms with Crippen LogP contribution in [0.1, 0.15) is 18.2 Å². The van der Waals surface area contributed by atoms with Crippen LogP contribution in [0.3, 0.4) is 0 Å². The number of hydrogen-bond donors (Lipinski definition) is 2. The Morgan fingerprint density at radius 2 is 1.96 bits per heavy atom. The summed E-state index contributed by atoms with van der Waals surface area (Å²) in [5, 5.41) is 5.76. The molecular weight excluding hydrogens is 344 g/mol. The van der Waals surface area contributed by atoms with Gasteiger partial charge in [0.1, 0.15) is 11.4 Å². The van der Waals surface area contributed by atoms with Gasteiger partial charge in [-0.15, -0.1) is 0 Å². The number of carbonyl (C=O) groups excluding carboxylic acids is 1. The fourth-order valence-electron chi connectivity index (χ4n) is 2.68. The monoisotopic (exact) mass is 364 g/mol. The minimum Gasteiger partial charge on any atom is -0.494 e. The third kappa shape index (κ3) is 3.98. The average molecular weight is 364 g/mol. The molecule has 0 saturated carbocycles. The number of aromatic amines is 1. The van der Waals surface area contributed by atoms with Crippen LogP contribution in [0.15, 0.2) is 58.3 Å². The van der Waals surface area contributed by atoms with Gasteiger partial charge in [-0.25, -0.2) is 4.68 Å². The molecule has 3 aromatic rings. The zero-order valence-corrected chi connectivity index (χ0v) is 15.3. The molecule has 0 aliphatic heterocycles. The summed E-state index contributed by atoms with van der Waals surface area (Å²) in [7, 11) is 1.54. The standard InChI is InChI=1S/C20H20N4O3/c1-13-17(20(26)24(23-13)16-7-5-4-6-8-16)12-21-18-11-15(22-14(2)25)9-10-19(18)27-3/h4-12,23H,1-3H3,(H,22,25). The van der Waals surface area contributed by atoms with E-state index >= 15 is 0 Å². The van der Waals surface area contributed by atoms with Crippen molar-refractivity contribution in [2.75, 3.05) is 12.4 Å². The van der Waals surface area contributed by atoms with Crippen molar-refractivity contribution >= 4 is 23.5 Å². The number of nitrogens with one attached hydrogen (secondary N) is 2. The number of methoxy groups -OCH3 is 1. The molecule has 7 heteroatoms. The predicted octanol–water partition coefficient (Wildman–Crippen LogP) is 3.19. The van der Waals surface area contributed by atoms with E-state index in [2.05, 4.69) is 15.4 Å². The molecule has 3 rings (SSSR count). The SMILES string of the molecule is COc1ccc(NC(C)=O)cc1N=Cc1c(C)[nH]n(-c2ccccc2)c1=O. The summed E-state index contributed by atoms with van der Waals surface area (Å²) in [6, 6.07) is 14.4. The molecule has 1 heterocycles. The van der Waals surface area contributed by atoms with E-state index in [0.29, 0.717) is 28.4 Å². The Labute approximate surface area is 156 Å². The molecular formula is C20H20N4O3. The molecule has 27 heavy (non-hydrogen) atoms. The number of para-hydroxylation sites is 1. The van der Waals surface area contributed by atoms with Crippen molar-refractivity contribution in [3.05, 3.63) is 70.1 Å². The van der Waals surface area contributed by atoms with Crippen LogP contribution in [0.4, 0.5) is 11.4 Å². The number of benzene rings is 2. The van der Waals surface area contributed by atoms with E-state index in [4.69, 9.17) is 4.74 Å². The normalized spacial score (nSPS) is 10.9. The second-order valence-corrected chi connectivity index (χ2v) is 5.95. The first-order chi connectivity index (χ1) is 13.0. The zero-order chi connectivity index (χ0) is 19.4. The maximum Gasteiger partial charge on any atom is 0.280 e. The molecule has 0 aliphatic carbocycles. The molecule has 1 amide bonds. The van der Waals surface area contributed by atoms with Crippen LogP contribution in [0.5, 0.6) is 5.75 Å². The van der Waals surface area contributed by atoms with Crippen LogP contribution >= 0.6 is 0 Å². The van der Waals surface area contributed by atoms with Crippen LogP contribution in [0.2, 0.25) is 0 Å². The van der Waals surface area contributed by atoms with Gasteiger partial charge in [0, 0.05) is 24.5 Å². The third-order valence-electron chi connectivity index (χ3n) is 3.96. The van der Waals surface area contributed by atoms with Gasteiger partial charge in [-0.2, -0.15) is 0 Å². The van der Waals surface area contributed by atoms with E-state index in [1.807, 2.05) is 37.3 Å². The van der Waals surface area contributed by atoms with Crippen LogP contribution in [-0.2, 0) is 4.79 Å². The Balaban J connectivity index is 1.98. The highest BCUT2D eigenvalue weighted by atomic mass is 16.5. The highest BCUT2D eigenvalue weighted by Gasteiger charge is 2.11. The lowest BCUT2D eigenvalue weighted by molar-refractivity contribution is -0.114. The molecule has 7 nitrogen and oxygen atoms in total. The number of H-pyrrole nitrogens is 1. The molecule has 0 fully saturated rings. The Kier molecular flexibility index (Phi) is 5.21. The first-order valence-electron chi connectivity index (χ1n) is 8.36. The maximum atomic E-state index is 12.7. The van der Waals surface area contributed by atoms with Gasteiger partial charge in [0.05, 0.1) is 18.4 Å². The lowest BCUT2D eigenvalue weighted by atomic mass is 10.2. The van der Waals surface area contributed by atoms with E-state index < -0.39 is 0 Å². The van der Waals surface area contributed by atoms with Gasteiger partial charge < -0.3 is 10.1 Å². The van der Waals surface area contributed by atoms with Crippen molar-refractivity contribution in [3.63, 3.8) is 0 Å². The fourth-order valence-corrected chi connectivity index (χ4v) is 2.68. The first kappa shape index (κ1) is 18.2. The summed E-state index contributed by atoms with van der Waals surface area (Å²) >= 11 is 0. The zero-order valence-electron chi connectivity index (χ0n) is 15.3. The molecule has 0 bridgehead atoms. The van der Waals surface area contributed by atoms with E-state index in [-0.39, 0.29) is 11.5 Å². The Morgan fingerprint density at radius 1 is 1.22 bits per heavy atom. The van der Waals surface area contributed by atoms with Crippen LogP contribution in [0, 0.1) is 6.92 Å². The third-order valence-corrected chi connectivity index (χ3v) is 3.96. The van der Waals surface area contributed by atoms with Crippen molar-refractivity contribution in [2.45, 2.75) is 13.8 Å². The van der Waals surface area contributed by atoms with Crippen molar-refractivity contribution in [1.82, 2.24) is 9.78 Å². The van der Waals surface area contributed by atoms with Crippen molar-refractivity contribution < 1.29 is 9.53 Å².